The lowest BCUT2D eigenvalue weighted by Crippen LogP contribution is -2.48. The molecule has 2 aliphatic heterocycles. The van der Waals surface area contributed by atoms with Crippen molar-refractivity contribution in [3.8, 4) is 0 Å². The zero-order valence-corrected chi connectivity index (χ0v) is 18.4. The molecule has 0 bridgehead atoms. The van der Waals surface area contributed by atoms with Crippen molar-refractivity contribution < 1.29 is 32.3 Å². The van der Waals surface area contributed by atoms with E-state index in [0.717, 1.165) is 23.1 Å². The van der Waals surface area contributed by atoms with Crippen LogP contribution in [0.25, 0.3) is 0 Å². The Balaban J connectivity index is 1.53. The largest absolute Gasteiger partial charge is 0.423 e. The molecule has 0 unspecified atom stereocenters. The van der Waals surface area contributed by atoms with Gasteiger partial charge in [0.2, 0.25) is 5.60 Å². The van der Waals surface area contributed by atoms with Gasteiger partial charge in [0.1, 0.15) is 5.82 Å². The summed E-state index contributed by atoms with van der Waals surface area (Å²) in [5.74, 6) is -1.08. The van der Waals surface area contributed by atoms with Gasteiger partial charge in [0.25, 0.3) is 5.91 Å². The summed E-state index contributed by atoms with van der Waals surface area (Å²) in [4.78, 5) is 26.5. The van der Waals surface area contributed by atoms with Gasteiger partial charge in [0.15, 0.2) is 0 Å². The minimum absolute atomic E-state index is 0.101. The number of amides is 3. The second-order valence-corrected chi connectivity index (χ2v) is 8.64. The topological polar surface area (TPSA) is 81.7 Å². The van der Waals surface area contributed by atoms with Gasteiger partial charge in [-0.3, -0.25) is 9.69 Å². The molecule has 0 aromatic heterocycles. The van der Waals surface area contributed by atoms with Crippen molar-refractivity contribution in [2.45, 2.75) is 17.8 Å². The van der Waals surface area contributed by atoms with Crippen LogP contribution in [0.3, 0.4) is 0 Å². The molecule has 11 heteroatoms. The van der Waals surface area contributed by atoms with Gasteiger partial charge in [0.05, 0.1) is 18.3 Å². The molecule has 3 aromatic rings. The third-order valence-corrected chi connectivity index (χ3v) is 6.51. The number of fused-ring (bicyclic) bond motifs is 2. The molecule has 2 aliphatic rings. The average molecular weight is 506 g/mol. The molecule has 0 aliphatic carbocycles. The highest BCUT2D eigenvalue weighted by Crippen LogP contribution is 2.48. The van der Waals surface area contributed by atoms with Crippen LogP contribution in [0.15, 0.2) is 60.7 Å². The quantitative estimate of drug-likeness (QED) is 0.423. The predicted octanol–water partition coefficient (Wildman–Crippen LogP) is 5.11. The van der Waals surface area contributed by atoms with Crippen molar-refractivity contribution in [1.29, 1.82) is 0 Å². The molecule has 0 radical (unpaired) electrons. The number of carbonyl (C=O) groups excluding carboxylic acids is 2. The molecule has 6 nitrogen and oxygen atoms in total. The predicted molar refractivity (Wildman–Crippen MR) is 120 cm³/mol. The van der Waals surface area contributed by atoms with Crippen LogP contribution in [0.2, 0.25) is 5.02 Å². The Morgan fingerprint density at radius 3 is 2.63 bits per heavy atom. The fourth-order valence-corrected chi connectivity index (χ4v) is 4.72. The standard InChI is InChI=1S/C24H16ClF4N3O3/c25-16-9-8-12(26)10-14(16)20-19-13(21(33)31-20)4-3-6-17(19)30-22(34)32-11-23(35,24(27,28)29)15-5-1-2-7-18(15)32/h1-10,20,35H,11H2,(H,30,34)(H,31,33)/t20-,23-/m0/s1. The number of nitrogens with one attached hydrogen (secondary N) is 2. The first-order valence-electron chi connectivity index (χ1n) is 10.4. The summed E-state index contributed by atoms with van der Waals surface area (Å²) in [6, 6.07) is 11.4. The molecule has 35 heavy (non-hydrogen) atoms. The summed E-state index contributed by atoms with van der Waals surface area (Å²) in [7, 11) is 0. The van der Waals surface area contributed by atoms with Crippen LogP contribution in [-0.4, -0.2) is 29.8 Å². The lowest BCUT2D eigenvalue weighted by Gasteiger charge is -2.27. The molecular formula is C24H16ClF4N3O3. The molecule has 0 saturated carbocycles. The van der Waals surface area contributed by atoms with E-state index in [9.17, 15) is 32.3 Å². The zero-order valence-electron chi connectivity index (χ0n) is 17.7. The highest BCUT2D eigenvalue weighted by molar-refractivity contribution is 6.31. The second-order valence-electron chi connectivity index (χ2n) is 8.23. The molecule has 0 fully saturated rings. The normalized spacial score (nSPS) is 20.9. The lowest BCUT2D eigenvalue weighted by molar-refractivity contribution is -0.258. The average Bonchev–Trinajstić information content (AvgIpc) is 3.32. The Hall–Kier alpha value is -3.63. The summed E-state index contributed by atoms with van der Waals surface area (Å²) in [6.07, 6.45) is -5.03. The molecular weight excluding hydrogens is 490 g/mol. The first-order chi connectivity index (χ1) is 16.5. The number of β-amino-alcohol motifs (C(OH)–C–C–N with tert-alkyl or cyclic N) is 1. The number of halogens is 5. The second kappa shape index (κ2) is 7.96. The van der Waals surface area contributed by atoms with Gasteiger partial charge in [-0.2, -0.15) is 13.2 Å². The minimum atomic E-state index is -5.03. The Labute approximate surface area is 201 Å². The fraction of sp³-hybridized carbons (Fsp3) is 0.167. The van der Waals surface area contributed by atoms with Crippen LogP contribution >= 0.6 is 11.6 Å². The molecule has 180 valence electrons. The Bertz CT molecular complexity index is 1380. The van der Waals surface area contributed by atoms with Crippen molar-refractivity contribution in [2.24, 2.45) is 0 Å². The molecule has 0 spiro atoms. The SMILES string of the molecule is O=C1N[C@@H](c2cc(F)ccc2Cl)c2c(NC(=O)N3C[C@@](O)(C(F)(F)F)c4ccccc43)cccc21. The van der Waals surface area contributed by atoms with Crippen molar-refractivity contribution in [1.82, 2.24) is 5.32 Å². The maximum absolute atomic E-state index is 13.9. The third-order valence-electron chi connectivity index (χ3n) is 6.17. The molecule has 2 heterocycles. The van der Waals surface area contributed by atoms with E-state index in [-0.39, 0.29) is 33.1 Å². The summed E-state index contributed by atoms with van der Waals surface area (Å²) in [5.41, 5.74) is -2.93. The number of alkyl halides is 3. The van der Waals surface area contributed by atoms with Gasteiger partial charge in [-0.05, 0) is 36.4 Å². The summed E-state index contributed by atoms with van der Waals surface area (Å²) < 4.78 is 55.1. The van der Waals surface area contributed by atoms with Crippen LogP contribution in [0.1, 0.15) is 33.1 Å². The van der Waals surface area contributed by atoms with Gasteiger partial charge >= 0.3 is 12.2 Å². The van der Waals surface area contributed by atoms with Crippen molar-refractivity contribution >= 4 is 34.9 Å². The van der Waals surface area contributed by atoms with E-state index >= 15 is 0 Å². The highest BCUT2D eigenvalue weighted by Gasteiger charge is 2.61. The zero-order chi connectivity index (χ0) is 25.1. The van der Waals surface area contributed by atoms with E-state index in [4.69, 9.17) is 11.6 Å². The van der Waals surface area contributed by atoms with Crippen molar-refractivity contribution in [2.75, 3.05) is 16.8 Å². The number of para-hydroxylation sites is 1. The van der Waals surface area contributed by atoms with Crippen LogP contribution < -0.4 is 15.5 Å². The molecule has 3 N–H and O–H groups in total. The number of rotatable bonds is 2. The van der Waals surface area contributed by atoms with Crippen LogP contribution in [0.4, 0.5) is 33.7 Å². The van der Waals surface area contributed by atoms with E-state index < -0.39 is 47.7 Å². The minimum Gasteiger partial charge on any atom is -0.375 e. The number of carbonyl (C=O) groups is 2. The molecule has 2 atom stereocenters. The maximum atomic E-state index is 13.9. The number of benzene rings is 3. The monoisotopic (exact) mass is 505 g/mol. The first kappa shape index (κ1) is 23.1. The first-order valence-corrected chi connectivity index (χ1v) is 10.7. The van der Waals surface area contributed by atoms with E-state index in [2.05, 4.69) is 10.6 Å². The number of nitrogens with zero attached hydrogens (tertiary/aromatic N) is 1. The number of anilines is 2. The molecule has 5 rings (SSSR count). The highest BCUT2D eigenvalue weighted by atomic mass is 35.5. The summed E-state index contributed by atoms with van der Waals surface area (Å²) >= 11 is 6.23. The van der Waals surface area contributed by atoms with Crippen molar-refractivity contribution in [3.63, 3.8) is 0 Å². The number of hydrogen-bond acceptors (Lipinski definition) is 3. The van der Waals surface area contributed by atoms with Crippen LogP contribution in [-0.2, 0) is 5.60 Å². The van der Waals surface area contributed by atoms with Gasteiger partial charge in [-0.1, -0.05) is 35.9 Å². The Morgan fingerprint density at radius 2 is 1.89 bits per heavy atom. The maximum Gasteiger partial charge on any atom is 0.423 e. The third kappa shape index (κ3) is 3.60. The van der Waals surface area contributed by atoms with E-state index in [1.165, 1.54) is 42.5 Å². The molecule has 3 aromatic carbocycles. The fourth-order valence-electron chi connectivity index (χ4n) is 4.50. The summed E-state index contributed by atoms with van der Waals surface area (Å²) in [5, 5.41) is 15.9. The van der Waals surface area contributed by atoms with E-state index in [0.29, 0.717) is 0 Å². The summed E-state index contributed by atoms with van der Waals surface area (Å²) in [6.45, 7) is -1.05. The van der Waals surface area contributed by atoms with Crippen molar-refractivity contribution in [3.05, 3.63) is 93.8 Å². The van der Waals surface area contributed by atoms with Crippen LogP contribution in [0, 0.1) is 5.82 Å². The lowest BCUT2D eigenvalue weighted by atomic mass is 9.96. The number of urea groups is 1. The van der Waals surface area contributed by atoms with E-state index in [1.54, 1.807) is 0 Å². The Kier molecular flexibility index (Phi) is 5.26. The van der Waals surface area contributed by atoms with Gasteiger partial charge in [-0.25, -0.2) is 9.18 Å². The number of aliphatic hydroxyl groups is 1. The van der Waals surface area contributed by atoms with Gasteiger partial charge < -0.3 is 15.7 Å². The molecule has 0 saturated heterocycles. The molecule has 3 amide bonds. The van der Waals surface area contributed by atoms with Gasteiger partial charge in [-0.15, -0.1) is 0 Å². The smallest absolute Gasteiger partial charge is 0.375 e. The Morgan fingerprint density at radius 1 is 1.14 bits per heavy atom. The van der Waals surface area contributed by atoms with Gasteiger partial charge in [0, 0.05) is 33.0 Å². The van der Waals surface area contributed by atoms with Crippen LogP contribution in [0.5, 0.6) is 0 Å². The number of hydrogen-bond donors (Lipinski definition) is 3. The van der Waals surface area contributed by atoms with E-state index in [1.807, 2.05) is 0 Å².